The largest absolute Gasteiger partial charge is 0.467 e. The van der Waals surface area contributed by atoms with Crippen LogP contribution >= 0.6 is 0 Å². The molecule has 2 aromatic rings. The van der Waals surface area contributed by atoms with Crippen molar-refractivity contribution in [1.29, 1.82) is 0 Å². The van der Waals surface area contributed by atoms with Crippen molar-refractivity contribution in [2.75, 3.05) is 7.11 Å². The van der Waals surface area contributed by atoms with E-state index >= 15 is 0 Å². The van der Waals surface area contributed by atoms with Gasteiger partial charge in [0.15, 0.2) is 6.10 Å². The Morgan fingerprint density at radius 2 is 2.07 bits per heavy atom. The van der Waals surface area contributed by atoms with Crippen LogP contribution in [0.4, 0.5) is 8.78 Å². The van der Waals surface area contributed by atoms with Crippen LogP contribution in [0.2, 0.25) is 0 Å². The molecule has 3 aliphatic carbocycles. The molecule has 5 nitrogen and oxygen atoms in total. The normalized spacial score (nSPS) is 30.1. The second-order valence-electron chi connectivity index (χ2n) is 7.58. The van der Waals surface area contributed by atoms with Gasteiger partial charge in [-0.1, -0.05) is 13.0 Å². The summed E-state index contributed by atoms with van der Waals surface area (Å²) >= 11 is 0. The molecule has 7 heteroatoms. The Hall–Kier alpha value is -2.41. The molecule has 0 N–H and O–H groups in total. The van der Waals surface area contributed by atoms with Crippen molar-refractivity contribution in [3.05, 3.63) is 47.2 Å². The number of ether oxygens (including phenoxy) is 2. The summed E-state index contributed by atoms with van der Waals surface area (Å²) in [4.78, 5) is 12.0. The van der Waals surface area contributed by atoms with Gasteiger partial charge in [0, 0.05) is 5.41 Å². The third kappa shape index (κ3) is 2.03. The molecule has 1 spiro atoms. The Labute approximate surface area is 154 Å². The number of esters is 1. The predicted octanol–water partition coefficient (Wildman–Crippen LogP) is 3.48. The lowest BCUT2D eigenvalue weighted by Gasteiger charge is -2.22. The van der Waals surface area contributed by atoms with E-state index in [-0.39, 0.29) is 22.6 Å². The quantitative estimate of drug-likeness (QED) is 0.752. The molecule has 2 fully saturated rings. The van der Waals surface area contributed by atoms with Crippen LogP contribution in [0.3, 0.4) is 0 Å². The highest BCUT2D eigenvalue weighted by Gasteiger charge is 2.88. The second-order valence-corrected chi connectivity index (χ2v) is 7.58. The predicted molar refractivity (Wildman–Crippen MR) is 90.7 cm³/mol. The summed E-state index contributed by atoms with van der Waals surface area (Å²) in [6.07, 6.45) is 1.57. The van der Waals surface area contributed by atoms with Gasteiger partial charge in [-0.15, -0.1) is 5.10 Å². The van der Waals surface area contributed by atoms with Crippen LogP contribution < -0.4 is 0 Å². The average molecular weight is 372 g/mol. The van der Waals surface area contributed by atoms with E-state index in [9.17, 15) is 13.6 Å². The molecule has 1 aromatic carbocycles. The highest BCUT2D eigenvalue weighted by atomic mass is 19.1. The zero-order valence-corrected chi connectivity index (χ0v) is 15.0. The Bertz CT molecular complexity index is 961. The number of hydrogen-bond acceptors (Lipinski definition) is 5. The van der Waals surface area contributed by atoms with E-state index in [0.29, 0.717) is 12.1 Å². The molecule has 0 saturated heterocycles. The van der Waals surface area contributed by atoms with E-state index in [1.165, 1.54) is 25.3 Å². The molecule has 1 unspecified atom stereocenters. The number of rotatable bonds is 5. The number of hydrogen-bond donors (Lipinski definition) is 0. The van der Waals surface area contributed by atoms with Crippen LogP contribution in [0.15, 0.2) is 24.3 Å². The lowest BCUT2D eigenvalue weighted by atomic mass is 10.0. The number of fused-ring (bicyclic) bond motifs is 3. The van der Waals surface area contributed by atoms with Gasteiger partial charge >= 0.3 is 5.97 Å². The number of carbonyl (C=O) groups excluding carboxylic acids is 1. The molecule has 0 aliphatic heterocycles. The summed E-state index contributed by atoms with van der Waals surface area (Å²) in [5.74, 6) is -1.49. The van der Waals surface area contributed by atoms with Gasteiger partial charge in [-0.05, 0) is 48.9 Å². The van der Waals surface area contributed by atoms with Gasteiger partial charge in [0.1, 0.15) is 17.2 Å². The summed E-state index contributed by atoms with van der Waals surface area (Å²) < 4.78 is 39.3. The number of nitrogens with zero attached hydrogens (tertiary/aromatic N) is 2. The zero-order chi connectivity index (χ0) is 19.0. The van der Waals surface area contributed by atoms with Crippen molar-refractivity contribution in [1.82, 2.24) is 10.2 Å². The lowest BCUT2D eigenvalue weighted by Crippen LogP contribution is -2.31. The number of aromatic nitrogens is 2. The minimum atomic E-state index is -0.666. The maximum atomic E-state index is 14.1. The molecule has 0 bridgehead atoms. The van der Waals surface area contributed by atoms with Crippen molar-refractivity contribution >= 4 is 5.97 Å². The first-order valence-corrected chi connectivity index (χ1v) is 9.05. The molecule has 0 radical (unpaired) electrons. The summed E-state index contributed by atoms with van der Waals surface area (Å²) in [5, 5.41) is 8.39. The number of methoxy groups -OCH3 is 1. The van der Waals surface area contributed by atoms with Crippen molar-refractivity contribution in [2.45, 2.75) is 43.8 Å². The van der Waals surface area contributed by atoms with E-state index in [4.69, 9.17) is 9.47 Å². The van der Waals surface area contributed by atoms with E-state index in [1.807, 2.05) is 6.92 Å². The smallest absolute Gasteiger partial charge is 0.335 e. The van der Waals surface area contributed by atoms with Gasteiger partial charge in [0.05, 0.1) is 24.1 Å². The van der Waals surface area contributed by atoms with Gasteiger partial charge in [-0.2, -0.15) is 5.10 Å². The molecule has 4 atom stereocenters. The zero-order valence-electron chi connectivity index (χ0n) is 15.0. The van der Waals surface area contributed by atoms with Crippen LogP contribution in [-0.4, -0.2) is 29.4 Å². The van der Waals surface area contributed by atoms with E-state index in [1.54, 1.807) is 6.07 Å². The second kappa shape index (κ2) is 5.32. The SMILES string of the molecule is CC[C@@H](O[C@]12CC13C[C@H]3c1cc(-c3c(F)cccc3F)nnc12)C(=O)OC. The van der Waals surface area contributed by atoms with Crippen LogP contribution in [-0.2, 0) is 19.9 Å². The van der Waals surface area contributed by atoms with E-state index in [0.717, 1.165) is 18.4 Å². The van der Waals surface area contributed by atoms with Crippen molar-refractivity contribution < 1.29 is 23.0 Å². The monoisotopic (exact) mass is 372 g/mol. The van der Waals surface area contributed by atoms with Gasteiger partial charge in [-0.3, -0.25) is 0 Å². The fourth-order valence-electron chi connectivity index (χ4n) is 4.81. The van der Waals surface area contributed by atoms with Gasteiger partial charge in [-0.25, -0.2) is 13.6 Å². The third-order valence-corrected chi connectivity index (χ3v) is 6.30. The molecular weight excluding hydrogens is 354 g/mol. The molecule has 27 heavy (non-hydrogen) atoms. The molecular formula is C20H18F2N2O3. The molecule has 140 valence electrons. The minimum Gasteiger partial charge on any atom is -0.467 e. The summed E-state index contributed by atoms with van der Waals surface area (Å²) in [6.45, 7) is 1.86. The van der Waals surface area contributed by atoms with Crippen molar-refractivity contribution in [3.8, 4) is 11.3 Å². The van der Waals surface area contributed by atoms with Crippen LogP contribution in [0.5, 0.6) is 0 Å². The average Bonchev–Trinajstić information content (AvgIpc) is 3.54. The standard InChI is InChI=1S/C20H18F2N2O3/c1-3-15(18(25)26-2)27-20-9-19(20)8-11(19)10-7-14(23-24-17(10)20)16-12(21)5-4-6-13(16)22/h4-7,11,15H,3,8-9H2,1-2H3/t11-,15+,19?,20-/m0/s1. The first-order chi connectivity index (χ1) is 13.0. The maximum absolute atomic E-state index is 14.1. The van der Waals surface area contributed by atoms with Crippen LogP contribution in [0, 0.1) is 17.0 Å². The molecule has 0 amide bonds. The Kier molecular flexibility index (Phi) is 3.30. The third-order valence-electron chi connectivity index (χ3n) is 6.30. The van der Waals surface area contributed by atoms with Crippen LogP contribution in [0.25, 0.3) is 11.3 Å². The molecule has 2 saturated carbocycles. The fourth-order valence-corrected chi connectivity index (χ4v) is 4.81. The minimum absolute atomic E-state index is 0.0438. The topological polar surface area (TPSA) is 61.3 Å². The summed E-state index contributed by atoms with van der Waals surface area (Å²) in [7, 11) is 1.34. The fraction of sp³-hybridized carbons (Fsp3) is 0.450. The maximum Gasteiger partial charge on any atom is 0.335 e. The van der Waals surface area contributed by atoms with Crippen molar-refractivity contribution in [3.63, 3.8) is 0 Å². The Balaban J connectivity index is 1.54. The van der Waals surface area contributed by atoms with Crippen molar-refractivity contribution in [2.24, 2.45) is 5.41 Å². The van der Waals surface area contributed by atoms with Crippen LogP contribution in [0.1, 0.15) is 43.4 Å². The molecule has 5 rings (SSSR count). The van der Waals surface area contributed by atoms with Gasteiger partial charge in [0.25, 0.3) is 0 Å². The first kappa shape index (κ1) is 16.7. The number of carbonyl (C=O) groups is 1. The lowest BCUT2D eigenvalue weighted by molar-refractivity contribution is -0.162. The highest BCUT2D eigenvalue weighted by Crippen LogP contribution is 2.90. The molecule has 1 aromatic heterocycles. The molecule has 3 aliphatic rings. The van der Waals surface area contributed by atoms with Gasteiger partial charge < -0.3 is 9.47 Å². The number of halogens is 2. The van der Waals surface area contributed by atoms with Gasteiger partial charge in [0.2, 0.25) is 0 Å². The highest BCUT2D eigenvalue weighted by molar-refractivity contribution is 5.75. The van der Waals surface area contributed by atoms with E-state index in [2.05, 4.69) is 10.2 Å². The number of benzene rings is 1. The summed E-state index contributed by atoms with van der Waals surface area (Å²) in [5.41, 5.74) is 0.969. The van der Waals surface area contributed by atoms with E-state index < -0.39 is 29.3 Å². The first-order valence-electron chi connectivity index (χ1n) is 9.05. The Morgan fingerprint density at radius 3 is 2.74 bits per heavy atom. The Morgan fingerprint density at radius 1 is 1.33 bits per heavy atom. The summed E-state index contributed by atoms with van der Waals surface area (Å²) in [6, 6.07) is 5.45. The molecule has 1 heterocycles.